The fraction of sp³-hybridized carbons (Fsp3) is 0.100. The first-order chi connectivity index (χ1) is 5.65. The van der Waals surface area contributed by atoms with Crippen LogP contribution in [0.2, 0.25) is 0 Å². The van der Waals surface area contributed by atoms with Gasteiger partial charge in [-0.3, -0.25) is 4.79 Å². The number of carbonyl (C=O) groups excluding carboxylic acids is 1. The van der Waals surface area contributed by atoms with Crippen LogP contribution in [0.3, 0.4) is 0 Å². The molecule has 1 aromatic carbocycles. The average molecular weight is 162 g/mol. The lowest BCUT2D eigenvalue weighted by Crippen LogP contribution is -1.84. The van der Waals surface area contributed by atoms with Crippen molar-refractivity contribution in [1.82, 2.24) is 0 Å². The van der Waals surface area contributed by atoms with Gasteiger partial charge in [0.2, 0.25) is 0 Å². The predicted molar refractivity (Wildman–Crippen MR) is 48.2 cm³/mol. The number of hydrogen-bond acceptors (Lipinski definition) is 2. The van der Waals surface area contributed by atoms with Gasteiger partial charge < -0.3 is 5.11 Å². The molecule has 62 valence electrons. The molecule has 0 atom stereocenters. The Morgan fingerprint density at radius 2 is 2.25 bits per heavy atom. The lowest BCUT2D eigenvalue weighted by atomic mass is 10.1. The Bertz CT molecular complexity index is 327. The van der Waals surface area contributed by atoms with Crippen molar-refractivity contribution in [3.63, 3.8) is 0 Å². The highest BCUT2D eigenvalue weighted by Crippen LogP contribution is 2.20. The fourth-order valence-electron chi connectivity index (χ4n) is 0.914. The third-order valence-corrected chi connectivity index (χ3v) is 1.65. The van der Waals surface area contributed by atoms with Gasteiger partial charge in [0.15, 0.2) is 6.29 Å². The van der Waals surface area contributed by atoms with E-state index in [9.17, 15) is 4.79 Å². The van der Waals surface area contributed by atoms with Crippen molar-refractivity contribution in [2.24, 2.45) is 0 Å². The Hall–Kier alpha value is -1.57. The number of benzene rings is 1. The Kier molecular flexibility index (Phi) is 2.29. The normalized spacial score (nSPS) is 9.42. The molecule has 0 saturated carbocycles. The van der Waals surface area contributed by atoms with E-state index in [2.05, 4.69) is 6.58 Å². The molecule has 0 heterocycles. The lowest BCUT2D eigenvalue weighted by molar-refractivity contribution is 0.112. The van der Waals surface area contributed by atoms with Crippen LogP contribution in [-0.2, 0) is 0 Å². The van der Waals surface area contributed by atoms with E-state index >= 15 is 0 Å². The Morgan fingerprint density at radius 3 is 2.75 bits per heavy atom. The summed E-state index contributed by atoms with van der Waals surface area (Å²) in [6.45, 7) is 5.58. The van der Waals surface area contributed by atoms with E-state index in [0.29, 0.717) is 11.8 Å². The van der Waals surface area contributed by atoms with Crippen LogP contribution in [0.4, 0.5) is 0 Å². The van der Waals surface area contributed by atoms with Gasteiger partial charge in [0, 0.05) is 0 Å². The monoisotopic (exact) mass is 162 g/mol. The minimum atomic E-state index is 0.00926. The topological polar surface area (TPSA) is 37.3 Å². The molecule has 0 aliphatic carbocycles. The summed E-state index contributed by atoms with van der Waals surface area (Å²) in [5.74, 6) is 0.00926. The number of rotatable bonds is 2. The number of allylic oxidation sites excluding steroid dienone is 1. The van der Waals surface area contributed by atoms with E-state index in [1.165, 1.54) is 6.07 Å². The summed E-state index contributed by atoms with van der Waals surface area (Å²) in [7, 11) is 0. The van der Waals surface area contributed by atoms with Crippen LogP contribution in [0.1, 0.15) is 22.8 Å². The van der Waals surface area contributed by atoms with E-state index in [-0.39, 0.29) is 5.75 Å². The van der Waals surface area contributed by atoms with Crippen LogP contribution in [0.5, 0.6) is 5.75 Å². The highest BCUT2D eigenvalue weighted by molar-refractivity contribution is 5.81. The molecule has 12 heavy (non-hydrogen) atoms. The first-order valence-electron chi connectivity index (χ1n) is 3.59. The van der Waals surface area contributed by atoms with Crippen molar-refractivity contribution >= 4 is 11.9 Å². The number of hydrogen-bond donors (Lipinski definition) is 1. The maximum absolute atomic E-state index is 10.4. The molecule has 0 unspecified atom stereocenters. The van der Waals surface area contributed by atoms with Gasteiger partial charge in [-0.1, -0.05) is 18.2 Å². The number of phenols is 1. The van der Waals surface area contributed by atoms with E-state index in [0.717, 1.165) is 11.1 Å². The summed E-state index contributed by atoms with van der Waals surface area (Å²) in [5.41, 5.74) is 2.04. The smallest absolute Gasteiger partial charge is 0.153 e. The quantitative estimate of drug-likeness (QED) is 0.677. The van der Waals surface area contributed by atoms with E-state index in [4.69, 9.17) is 5.11 Å². The van der Waals surface area contributed by atoms with Crippen LogP contribution in [0.15, 0.2) is 24.8 Å². The van der Waals surface area contributed by atoms with Crippen molar-refractivity contribution < 1.29 is 9.90 Å². The molecule has 1 aromatic rings. The summed E-state index contributed by atoms with van der Waals surface area (Å²) < 4.78 is 0. The van der Waals surface area contributed by atoms with Crippen molar-refractivity contribution in [2.45, 2.75) is 6.92 Å². The van der Waals surface area contributed by atoms with Crippen molar-refractivity contribution in [3.05, 3.63) is 35.9 Å². The largest absolute Gasteiger partial charge is 0.507 e. The van der Waals surface area contributed by atoms with Gasteiger partial charge in [0.25, 0.3) is 0 Å². The van der Waals surface area contributed by atoms with Crippen LogP contribution in [0.25, 0.3) is 5.57 Å². The summed E-state index contributed by atoms with van der Waals surface area (Å²) in [6, 6.07) is 4.84. The first-order valence-corrected chi connectivity index (χ1v) is 3.59. The molecule has 2 nitrogen and oxygen atoms in total. The molecule has 0 saturated heterocycles. The Labute approximate surface area is 71.2 Å². The Balaban J connectivity index is 3.22. The van der Waals surface area contributed by atoms with Gasteiger partial charge in [0.1, 0.15) is 5.75 Å². The standard InChI is InChI=1S/C10H10O2/c1-7(2)8-3-4-10(12)9(5-8)6-11/h3-6,12H,1H2,2H3. The minimum Gasteiger partial charge on any atom is -0.507 e. The van der Waals surface area contributed by atoms with E-state index in [1.54, 1.807) is 12.1 Å². The first kappa shape index (κ1) is 8.53. The van der Waals surface area contributed by atoms with Crippen molar-refractivity contribution in [2.75, 3.05) is 0 Å². The summed E-state index contributed by atoms with van der Waals surface area (Å²) in [5, 5.41) is 9.16. The minimum absolute atomic E-state index is 0.00926. The van der Waals surface area contributed by atoms with E-state index in [1.807, 2.05) is 6.92 Å². The van der Waals surface area contributed by atoms with Gasteiger partial charge in [-0.05, 0) is 24.6 Å². The summed E-state index contributed by atoms with van der Waals surface area (Å²) >= 11 is 0. The molecule has 0 radical (unpaired) electrons. The number of aromatic hydroxyl groups is 1. The van der Waals surface area contributed by atoms with Crippen LogP contribution < -0.4 is 0 Å². The van der Waals surface area contributed by atoms with Crippen molar-refractivity contribution in [1.29, 1.82) is 0 Å². The lowest BCUT2D eigenvalue weighted by Gasteiger charge is -2.01. The molecular formula is C10H10O2. The highest BCUT2D eigenvalue weighted by atomic mass is 16.3. The zero-order valence-electron chi connectivity index (χ0n) is 6.87. The highest BCUT2D eigenvalue weighted by Gasteiger charge is 2.00. The van der Waals surface area contributed by atoms with Gasteiger partial charge in [-0.25, -0.2) is 0 Å². The van der Waals surface area contributed by atoms with Gasteiger partial charge in [0.05, 0.1) is 5.56 Å². The SMILES string of the molecule is C=C(C)c1ccc(O)c(C=O)c1. The Morgan fingerprint density at radius 1 is 1.58 bits per heavy atom. The van der Waals surface area contributed by atoms with Crippen LogP contribution in [0, 0.1) is 0 Å². The predicted octanol–water partition coefficient (Wildman–Crippen LogP) is 2.24. The second-order valence-corrected chi connectivity index (χ2v) is 2.67. The molecule has 0 spiro atoms. The molecule has 1 rings (SSSR count). The average Bonchev–Trinajstić information content (AvgIpc) is 2.05. The van der Waals surface area contributed by atoms with Crippen LogP contribution >= 0.6 is 0 Å². The molecule has 0 fully saturated rings. The zero-order valence-corrected chi connectivity index (χ0v) is 6.87. The van der Waals surface area contributed by atoms with Crippen molar-refractivity contribution in [3.8, 4) is 5.75 Å². The second-order valence-electron chi connectivity index (χ2n) is 2.67. The zero-order chi connectivity index (χ0) is 9.14. The molecule has 0 aliphatic rings. The van der Waals surface area contributed by atoms with Gasteiger partial charge in [-0.15, -0.1) is 0 Å². The molecule has 0 bridgehead atoms. The number of carbonyl (C=O) groups is 1. The van der Waals surface area contributed by atoms with E-state index < -0.39 is 0 Å². The van der Waals surface area contributed by atoms with Crippen LogP contribution in [-0.4, -0.2) is 11.4 Å². The fourth-order valence-corrected chi connectivity index (χ4v) is 0.914. The maximum Gasteiger partial charge on any atom is 0.153 e. The third kappa shape index (κ3) is 1.53. The number of phenolic OH excluding ortho intramolecular Hbond substituents is 1. The van der Waals surface area contributed by atoms with Gasteiger partial charge >= 0.3 is 0 Å². The molecule has 0 amide bonds. The third-order valence-electron chi connectivity index (χ3n) is 1.65. The molecule has 0 aliphatic heterocycles. The second kappa shape index (κ2) is 3.22. The molecule has 1 N–H and O–H groups in total. The van der Waals surface area contributed by atoms with Gasteiger partial charge in [-0.2, -0.15) is 0 Å². The molecule has 0 aromatic heterocycles. The summed E-state index contributed by atoms with van der Waals surface area (Å²) in [6.07, 6.45) is 0.627. The molecule has 2 heteroatoms. The molecular weight excluding hydrogens is 152 g/mol. The maximum atomic E-state index is 10.4. The summed E-state index contributed by atoms with van der Waals surface area (Å²) in [4.78, 5) is 10.4. The number of aldehydes is 1.